The van der Waals surface area contributed by atoms with Crippen molar-refractivity contribution in [2.45, 2.75) is 6.92 Å². The molecule has 3 aromatic rings. The molecule has 0 radical (unpaired) electrons. The van der Waals surface area contributed by atoms with Crippen molar-refractivity contribution in [1.82, 2.24) is 14.4 Å². The minimum absolute atomic E-state index is 0.936. The maximum atomic E-state index is 4.52. The maximum absolute atomic E-state index is 4.52. The Balaban J connectivity index is 2.27. The van der Waals surface area contributed by atoms with Gasteiger partial charge in [0, 0.05) is 17.3 Å². The zero-order valence-corrected chi connectivity index (χ0v) is 9.03. The molecule has 0 aliphatic heterocycles. The molecule has 74 valence electrons. The van der Waals surface area contributed by atoms with Crippen LogP contribution < -0.4 is 0 Å². The van der Waals surface area contributed by atoms with Gasteiger partial charge in [-0.15, -0.1) is 11.3 Å². The largest absolute Gasteiger partial charge is 0.304 e. The summed E-state index contributed by atoms with van der Waals surface area (Å²) < 4.78 is 2.08. The van der Waals surface area contributed by atoms with Crippen LogP contribution in [0.2, 0.25) is 0 Å². The van der Waals surface area contributed by atoms with Crippen LogP contribution >= 0.6 is 11.3 Å². The monoisotopic (exact) mass is 215 g/mol. The van der Waals surface area contributed by atoms with Gasteiger partial charge in [-0.3, -0.25) is 0 Å². The van der Waals surface area contributed by atoms with Gasteiger partial charge in [-0.25, -0.2) is 9.97 Å². The van der Waals surface area contributed by atoms with E-state index in [1.54, 1.807) is 11.3 Å². The molecule has 3 rings (SSSR count). The van der Waals surface area contributed by atoms with Gasteiger partial charge in [0.2, 0.25) is 0 Å². The zero-order valence-electron chi connectivity index (χ0n) is 8.21. The van der Waals surface area contributed by atoms with Crippen molar-refractivity contribution < 1.29 is 0 Å². The van der Waals surface area contributed by atoms with Gasteiger partial charge in [-0.05, 0) is 19.1 Å². The molecule has 3 nitrogen and oxygen atoms in total. The summed E-state index contributed by atoms with van der Waals surface area (Å²) in [6, 6.07) is 6.09. The minimum atomic E-state index is 0.936. The Morgan fingerprint density at radius 3 is 2.93 bits per heavy atom. The number of hydrogen-bond acceptors (Lipinski definition) is 3. The third-order valence-corrected chi connectivity index (χ3v) is 2.98. The van der Waals surface area contributed by atoms with Gasteiger partial charge >= 0.3 is 0 Å². The Labute approximate surface area is 91.1 Å². The van der Waals surface area contributed by atoms with E-state index in [1.807, 2.05) is 29.2 Å². The van der Waals surface area contributed by atoms with E-state index in [0.717, 1.165) is 17.0 Å². The molecular formula is C11H9N3S. The van der Waals surface area contributed by atoms with Gasteiger partial charge in [-0.1, -0.05) is 6.07 Å². The van der Waals surface area contributed by atoms with Crippen LogP contribution in [-0.2, 0) is 0 Å². The number of aromatic nitrogens is 3. The first kappa shape index (κ1) is 8.61. The second kappa shape index (κ2) is 3.17. The lowest BCUT2D eigenvalue weighted by Gasteiger charge is -1.95. The van der Waals surface area contributed by atoms with E-state index < -0.39 is 0 Å². The zero-order chi connectivity index (χ0) is 10.3. The molecule has 0 atom stereocenters. The fraction of sp³-hybridized carbons (Fsp3) is 0.0909. The first-order chi connectivity index (χ1) is 7.34. The first-order valence-corrected chi connectivity index (χ1v) is 5.62. The normalized spacial score (nSPS) is 11.0. The molecule has 0 saturated carbocycles. The van der Waals surface area contributed by atoms with Gasteiger partial charge in [-0.2, -0.15) is 0 Å². The number of fused-ring (bicyclic) bond motifs is 1. The number of hydrogen-bond donors (Lipinski definition) is 0. The highest BCUT2D eigenvalue weighted by Gasteiger charge is 2.06. The second-order valence-electron chi connectivity index (χ2n) is 3.40. The van der Waals surface area contributed by atoms with Crippen molar-refractivity contribution >= 4 is 17.0 Å². The molecule has 0 bridgehead atoms. The standard InChI is InChI=1S/C11H9N3S/c1-8-3-2-4-11-13-9(5-14(8)11)10-6-15-7-12-10/h2-7H,1H3. The van der Waals surface area contributed by atoms with E-state index >= 15 is 0 Å². The highest BCUT2D eigenvalue weighted by molar-refractivity contribution is 7.07. The summed E-state index contributed by atoms with van der Waals surface area (Å²) in [5.74, 6) is 0. The number of nitrogens with zero attached hydrogens (tertiary/aromatic N) is 3. The predicted octanol–water partition coefficient (Wildman–Crippen LogP) is 2.77. The molecule has 15 heavy (non-hydrogen) atoms. The fourth-order valence-electron chi connectivity index (χ4n) is 1.61. The van der Waals surface area contributed by atoms with E-state index in [4.69, 9.17) is 0 Å². The van der Waals surface area contributed by atoms with E-state index in [0.29, 0.717) is 0 Å². The number of pyridine rings is 1. The predicted molar refractivity (Wildman–Crippen MR) is 61.0 cm³/mol. The Hall–Kier alpha value is -1.68. The van der Waals surface area contributed by atoms with Gasteiger partial charge < -0.3 is 4.40 Å². The summed E-state index contributed by atoms with van der Waals surface area (Å²) in [4.78, 5) is 8.78. The maximum Gasteiger partial charge on any atom is 0.137 e. The third-order valence-electron chi connectivity index (χ3n) is 2.39. The van der Waals surface area contributed by atoms with Crippen LogP contribution in [-0.4, -0.2) is 14.4 Å². The summed E-state index contributed by atoms with van der Waals surface area (Å²) in [7, 11) is 0. The molecular weight excluding hydrogens is 206 g/mol. The lowest BCUT2D eigenvalue weighted by Crippen LogP contribution is -1.86. The number of thiazole rings is 1. The van der Waals surface area contributed by atoms with Crippen LogP contribution in [0.5, 0.6) is 0 Å². The molecule has 3 heterocycles. The number of rotatable bonds is 1. The van der Waals surface area contributed by atoms with Crippen LogP contribution in [0.25, 0.3) is 17.0 Å². The SMILES string of the molecule is Cc1cccc2nc(-c3cscn3)cn12. The highest BCUT2D eigenvalue weighted by atomic mass is 32.1. The second-order valence-corrected chi connectivity index (χ2v) is 4.11. The molecule has 0 fully saturated rings. The van der Waals surface area contributed by atoms with Crippen LogP contribution in [0, 0.1) is 6.92 Å². The van der Waals surface area contributed by atoms with E-state index in [9.17, 15) is 0 Å². The molecule has 0 aromatic carbocycles. The van der Waals surface area contributed by atoms with Gasteiger partial charge in [0.25, 0.3) is 0 Å². The van der Waals surface area contributed by atoms with Crippen molar-refractivity contribution in [2.24, 2.45) is 0 Å². The van der Waals surface area contributed by atoms with Crippen LogP contribution in [0.15, 0.2) is 35.3 Å². The quantitative estimate of drug-likeness (QED) is 0.624. The number of aryl methyl sites for hydroxylation is 1. The lowest BCUT2D eigenvalue weighted by atomic mass is 10.4. The van der Waals surface area contributed by atoms with E-state index in [-0.39, 0.29) is 0 Å². The van der Waals surface area contributed by atoms with Crippen molar-refractivity contribution in [1.29, 1.82) is 0 Å². The van der Waals surface area contributed by atoms with Crippen molar-refractivity contribution in [3.63, 3.8) is 0 Å². The topological polar surface area (TPSA) is 30.2 Å². The van der Waals surface area contributed by atoms with Crippen LogP contribution in [0.1, 0.15) is 5.69 Å². The summed E-state index contributed by atoms with van der Waals surface area (Å²) in [6.07, 6.45) is 2.03. The molecule has 3 aromatic heterocycles. The summed E-state index contributed by atoms with van der Waals surface area (Å²) in [5.41, 5.74) is 5.86. The molecule has 0 N–H and O–H groups in total. The van der Waals surface area contributed by atoms with E-state index in [1.165, 1.54) is 5.69 Å². The summed E-state index contributed by atoms with van der Waals surface area (Å²) in [5, 5.41) is 2.01. The van der Waals surface area contributed by atoms with Crippen molar-refractivity contribution in [3.05, 3.63) is 41.0 Å². The summed E-state index contributed by atoms with van der Waals surface area (Å²) in [6.45, 7) is 2.07. The molecule has 0 amide bonds. The Morgan fingerprint density at radius 1 is 1.27 bits per heavy atom. The average Bonchev–Trinajstić information content (AvgIpc) is 2.86. The fourth-order valence-corrected chi connectivity index (χ4v) is 2.16. The van der Waals surface area contributed by atoms with Crippen molar-refractivity contribution in [2.75, 3.05) is 0 Å². The Morgan fingerprint density at radius 2 is 2.20 bits per heavy atom. The van der Waals surface area contributed by atoms with Gasteiger partial charge in [0.15, 0.2) is 0 Å². The summed E-state index contributed by atoms with van der Waals surface area (Å²) >= 11 is 1.59. The molecule has 0 aliphatic carbocycles. The minimum Gasteiger partial charge on any atom is -0.304 e. The Bertz CT molecular complexity index is 595. The smallest absolute Gasteiger partial charge is 0.137 e. The third kappa shape index (κ3) is 1.34. The van der Waals surface area contributed by atoms with Crippen LogP contribution in [0.3, 0.4) is 0 Å². The molecule has 0 spiro atoms. The Kier molecular flexibility index (Phi) is 1.82. The first-order valence-electron chi connectivity index (χ1n) is 4.68. The molecule has 4 heteroatoms. The lowest BCUT2D eigenvalue weighted by molar-refractivity contribution is 1.09. The van der Waals surface area contributed by atoms with E-state index in [2.05, 4.69) is 27.4 Å². The molecule has 0 aliphatic rings. The van der Waals surface area contributed by atoms with Crippen LogP contribution in [0.4, 0.5) is 0 Å². The van der Waals surface area contributed by atoms with Crippen molar-refractivity contribution in [3.8, 4) is 11.4 Å². The molecule has 0 saturated heterocycles. The van der Waals surface area contributed by atoms with Gasteiger partial charge in [0.05, 0.1) is 5.51 Å². The number of imidazole rings is 1. The molecule has 0 unspecified atom stereocenters. The average molecular weight is 215 g/mol. The highest BCUT2D eigenvalue weighted by Crippen LogP contribution is 2.19. The van der Waals surface area contributed by atoms with Gasteiger partial charge in [0.1, 0.15) is 17.0 Å².